The number of hydrogen-bond donors (Lipinski definition) is 1. The molecular weight excluding hydrogens is 270 g/mol. The van der Waals surface area contributed by atoms with Gasteiger partial charge in [0.2, 0.25) is 0 Å². The third-order valence-electron chi connectivity index (χ3n) is 3.38. The lowest BCUT2D eigenvalue weighted by molar-refractivity contribution is 0.474. The maximum absolute atomic E-state index is 11.1. The maximum atomic E-state index is 11.1. The second kappa shape index (κ2) is 9.14. The summed E-state index contributed by atoms with van der Waals surface area (Å²) in [6, 6.07) is 10.7. The third-order valence-corrected chi connectivity index (χ3v) is 4.41. The molecule has 1 N–H and O–H groups in total. The van der Waals surface area contributed by atoms with Crippen molar-refractivity contribution in [1.29, 1.82) is 0 Å². The zero-order valence-electron chi connectivity index (χ0n) is 12.6. The van der Waals surface area contributed by atoms with E-state index in [1.165, 1.54) is 31.1 Å². The van der Waals surface area contributed by atoms with Crippen molar-refractivity contribution in [3.05, 3.63) is 35.9 Å². The van der Waals surface area contributed by atoms with Crippen LogP contribution in [0.5, 0.6) is 0 Å². The van der Waals surface area contributed by atoms with E-state index >= 15 is 0 Å². The Morgan fingerprint density at radius 2 is 1.80 bits per heavy atom. The lowest BCUT2D eigenvalue weighted by Crippen LogP contribution is -2.24. The summed E-state index contributed by atoms with van der Waals surface area (Å²) < 4.78 is 22.3. The first-order valence-corrected chi connectivity index (χ1v) is 9.55. The molecule has 1 aromatic carbocycles. The van der Waals surface area contributed by atoms with Gasteiger partial charge in [-0.1, -0.05) is 56.5 Å². The van der Waals surface area contributed by atoms with Gasteiger partial charge >= 0.3 is 0 Å². The molecular formula is C16H27NO2S. The van der Waals surface area contributed by atoms with Crippen LogP contribution in [-0.2, 0) is 9.84 Å². The number of benzene rings is 1. The summed E-state index contributed by atoms with van der Waals surface area (Å²) in [7, 11) is -2.85. The minimum Gasteiger partial charge on any atom is -0.310 e. The third kappa shape index (κ3) is 7.65. The van der Waals surface area contributed by atoms with Crippen molar-refractivity contribution in [2.24, 2.45) is 0 Å². The number of nitrogens with one attached hydrogen (secondary N) is 1. The Balaban J connectivity index is 2.46. The number of sulfone groups is 1. The van der Waals surface area contributed by atoms with Gasteiger partial charge in [-0.15, -0.1) is 0 Å². The van der Waals surface area contributed by atoms with Crippen LogP contribution in [0.1, 0.15) is 50.6 Å². The predicted octanol–water partition coefficient (Wildman–Crippen LogP) is 3.33. The molecule has 0 aromatic heterocycles. The summed E-state index contributed by atoms with van der Waals surface area (Å²) in [6.45, 7) is 2.95. The van der Waals surface area contributed by atoms with E-state index in [0.717, 1.165) is 13.0 Å². The van der Waals surface area contributed by atoms with Crippen LogP contribution in [0.3, 0.4) is 0 Å². The van der Waals surface area contributed by atoms with E-state index in [9.17, 15) is 8.42 Å². The van der Waals surface area contributed by atoms with Crippen LogP contribution in [0.2, 0.25) is 0 Å². The van der Waals surface area contributed by atoms with Crippen LogP contribution in [-0.4, -0.2) is 27.0 Å². The van der Waals surface area contributed by atoms with Crippen molar-refractivity contribution in [1.82, 2.24) is 5.32 Å². The molecule has 0 aliphatic heterocycles. The molecule has 1 unspecified atom stereocenters. The van der Waals surface area contributed by atoms with E-state index in [2.05, 4.69) is 36.5 Å². The lowest BCUT2D eigenvalue weighted by Gasteiger charge is -2.19. The van der Waals surface area contributed by atoms with Crippen LogP contribution in [0.4, 0.5) is 0 Å². The molecule has 0 fully saturated rings. The largest absolute Gasteiger partial charge is 0.310 e. The van der Waals surface area contributed by atoms with Crippen molar-refractivity contribution in [2.75, 3.05) is 18.6 Å². The Morgan fingerprint density at radius 1 is 1.10 bits per heavy atom. The van der Waals surface area contributed by atoms with Gasteiger partial charge in [-0.05, 0) is 24.9 Å². The summed E-state index contributed by atoms with van der Waals surface area (Å²) in [5, 5.41) is 3.50. The van der Waals surface area contributed by atoms with E-state index in [4.69, 9.17) is 0 Å². The van der Waals surface area contributed by atoms with E-state index in [0.29, 0.717) is 12.5 Å². The number of rotatable bonds is 10. The number of unbranched alkanes of at least 4 members (excludes halogenated alkanes) is 2. The zero-order chi connectivity index (χ0) is 14.8. The van der Waals surface area contributed by atoms with Gasteiger partial charge < -0.3 is 5.32 Å². The second-order valence-electron chi connectivity index (χ2n) is 5.40. The summed E-state index contributed by atoms with van der Waals surface area (Å²) in [5.74, 6) is 0.260. The van der Waals surface area contributed by atoms with Crippen LogP contribution in [0.25, 0.3) is 0 Å². The Kier molecular flexibility index (Phi) is 7.85. The average molecular weight is 297 g/mol. The van der Waals surface area contributed by atoms with Gasteiger partial charge in [-0.25, -0.2) is 8.42 Å². The molecule has 20 heavy (non-hydrogen) atoms. The molecule has 0 saturated carbocycles. The normalized spacial score (nSPS) is 13.3. The summed E-state index contributed by atoms with van der Waals surface area (Å²) in [6.07, 6.45) is 6.74. The summed E-state index contributed by atoms with van der Waals surface area (Å²) in [5.41, 5.74) is 1.29. The SMILES string of the molecule is CCCCCC(NCCCS(C)(=O)=O)c1ccccc1. The highest BCUT2D eigenvalue weighted by Crippen LogP contribution is 2.19. The topological polar surface area (TPSA) is 46.2 Å². The molecule has 0 saturated heterocycles. The van der Waals surface area contributed by atoms with Crippen molar-refractivity contribution in [3.8, 4) is 0 Å². The fourth-order valence-corrected chi connectivity index (χ4v) is 2.95. The first kappa shape index (κ1) is 17.2. The monoisotopic (exact) mass is 297 g/mol. The first-order valence-electron chi connectivity index (χ1n) is 7.49. The van der Waals surface area contributed by atoms with Gasteiger partial charge in [0.25, 0.3) is 0 Å². The van der Waals surface area contributed by atoms with Gasteiger partial charge in [-0.3, -0.25) is 0 Å². The van der Waals surface area contributed by atoms with Gasteiger partial charge in [0.05, 0.1) is 5.75 Å². The van der Waals surface area contributed by atoms with E-state index in [-0.39, 0.29) is 5.75 Å². The van der Waals surface area contributed by atoms with Gasteiger partial charge in [0.1, 0.15) is 9.84 Å². The van der Waals surface area contributed by atoms with Gasteiger partial charge in [0, 0.05) is 12.3 Å². The molecule has 1 aromatic rings. The molecule has 3 nitrogen and oxygen atoms in total. The molecule has 0 amide bonds. The summed E-state index contributed by atoms with van der Waals surface area (Å²) in [4.78, 5) is 0. The van der Waals surface area contributed by atoms with Gasteiger partial charge in [-0.2, -0.15) is 0 Å². The Hall–Kier alpha value is -0.870. The molecule has 0 heterocycles. The van der Waals surface area contributed by atoms with E-state index < -0.39 is 9.84 Å². The first-order chi connectivity index (χ1) is 9.53. The second-order valence-corrected chi connectivity index (χ2v) is 7.66. The average Bonchev–Trinajstić information content (AvgIpc) is 2.41. The molecule has 0 spiro atoms. The molecule has 4 heteroatoms. The van der Waals surface area contributed by atoms with E-state index in [1.807, 2.05) is 6.07 Å². The molecule has 0 aliphatic rings. The quantitative estimate of drug-likeness (QED) is 0.674. The van der Waals surface area contributed by atoms with Crippen LogP contribution < -0.4 is 5.32 Å². The Labute approximate surface area is 123 Å². The van der Waals surface area contributed by atoms with E-state index in [1.54, 1.807) is 0 Å². The number of hydrogen-bond acceptors (Lipinski definition) is 3. The summed E-state index contributed by atoms with van der Waals surface area (Å²) >= 11 is 0. The predicted molar refractivity (Wildman–Crippen MR) is 85.7 cm³/mol. The zero-order valence-corrected chi connectivity index (χ0v) is 13.5. The molecule has 0 radical (unpaired) electrons. The maximum Gasteiger partial charge on any atom is 0.147 e. The lowest BCUT2D eigenvalue weighted by atomic mass is 10.0. The molecule has 1 atom stereocenters. The fourth-order valence-electron chi connectivity index (χ4n) is 2.28. The molecule has 0 aliphatic carbocycles. The highest BCUT2D eigenvalue weighted by Gasteiger charge is 2.10. The highest BCUT2D eigenvalue weighted by molar-refractivity contribution is 7.90. The van der Waals surface area contributed by atoms with Crippen LogP contribution in [0, 0.1) is 0 Å². The highest BCUT2D eigenvalue weighted by atomic mass is 32.2. The Morgan fingerprint density at radius 3 is 2.40 bits per heavy atom. The van der Waals surface area contributed by atoms with Crippen LogP contribution in [0.15, 0.2) is 30.3 Å². The smallest absolute Gasteiger partial charge is 0.147 e. The molecule has 1 rings (SSSR count). The van der Waals surface area contributed by atoms with Crippen molar-refractivity contribution in [2.45, 2.75) is 45.1 Å². The van der Waals surface area contributed by atoms with Crippen molar-refractivity contribution >= 4 is 9.84 Å². The molecule has 0 bridgehead atoms. The Bertz CT molecular complexity index is 457. The standard InChI is InChI=1S/C16H27NO2S/c1-3-4-6-12-16(15-10-7-5-8-11-15)17-13-9-14-20(2,18)19/h5,7-8,10-11,16-17H,3-4,6,9,12-14H2,1-2H3. The fraction of sp³-hybridized carbons (Fsp3) is 0.625. The minimum atomic E-state index is -2.85. The van der Waals surface area contributed by atoms with Crippen molar-refractivity contribution in [3.63, 3.8) is 0 Å². The van der Waals surface area contributed by atoms with Crippen LogP contribution >= 0.6 is 0 Å². The van der Waals surface area contributed by atoms with Gasteiger partial charge in [0.15, 0.2) is 0 Å². The minimum absolute atomic E-state index is 0.260. The van der Waals surface area contributed by atoms with Crippen molar-refractivity contribution < 1.29 is 8.42 Å². The molecule has 114 valence electrons.